The molecule has 0 aliphatic rings. The maximum atomic E-state index is 12.6. The number of nitrogens with zero attached hydrogens (tertiary/aromatic N) is 3. The minimum atomic E-state index is -4.55. The second-order valence-corrected chi connectivity index (χ2v) is 6.50. The summed E-state index contributed by atoms with van der Waals surface area (Å²) < 4.78 is 37.8. The molecule has 1 amide bonds. The van der Waals surface area contributed by atoms with Crippen molar-refractivity contribution < 1.29 is 22.9 Å². The molecule has 0 aliphatic carbocycles. The van der Waals surface area contributed by atoms with E-state index in [1.807, 2.05) is 0 Å². The maximum absolute atomic E-state index is 12.6. The number of rotatable bonds is 7. The number of benzene rings is 1. The third-order valence-electron chi connectivity index (χ3n) is 3.79. The van der Waals surface area contributed by atoms with Crippen molar-refractivity contribution in [2.75, 3.05) is 37.4 Å². The zero-order valence-corrected chi connectivity index (χ0v) is 16.1. The molecule has 1 aromatic heterocycles. The molecule has 156 valence electrons. The lowest BCUT2D eigenvalue weighted by Crippen LogP contribution is -2.30. The molecule has 0 bridgehead atoms. The number of halogens is 4. The molecule has 8 nitrogen and oxygen atoms in total. The topological polar surface area (TPSA) is 100 Å². The molecule has 2 aromatic rings. The van der Waals surface area contributed by atoms with E-state index in [4.69, 9.17) is 11.6 Å². The Kier molecular flexibility index (Phi) is 6.85. The molecule has 0 atom stereocenters. The van der Waals surface area contributed by atoms with Crippen LogP contribution in [0.2, 0.25) is 5.02 Å². The van der Waals surface area contributed by atoms with Crippen LogP contribution in [0.15, 0.2) is 30.5 Å². The van der Waals surface area contributed by atoms with Gasteiger partial charge in [-0.1, -0.05) is 11.6 Å². The number of hydrogen-bond acceptors (Lipinski definition) is 6. The van der Waals surface area contributed by atoms with Gasteiger partial charge < -0.3 is 15.5 Å². The number of pyridine rings is 1. The molecule has 0 radical (unpaired) electrons. The molecule has 0 spiro atoms. The van der Waals surface area contributed by atoms with Gasteiger partial charge >= 0.3 is 6.18 Å². The Morgan fingerprint density at radius 3 is 2.52 bits per heavy atom. The number of nitro benzene ring substituents is 1. The zero-order valence-electron chi connectivity index (χ0n) is 15.4. The Bertz CT molecular complexity index is 922. The lowest BCUT2D eigenvalue weighted by molar-refractivity contribution is -0.384. The van der Waals surface area contributed by atoms with Crippen LogP contribution in [0.5, 0.6) is 0 Å². The van der Waals surface area contributed by atoms with Gasteiger partial charge in [-0.2, -0.15) is 13.2 Å². The van der Waals surface area contributed by atoms with Gasteiger partial charge in [0.2, 0.25) is 0 Å². The number of aromatic nitrogens is 1. The molecule has 0 aliphatic heterocycles. The van der Waals surface area contributed by atoms with Gasteiger partial charge in [-0.25, -0.2) is 4.98 Å². The zero-order chi connectivity index (χ0) is 21.8. The first-order valence-corrected chi connectivity index (χ1v) is 8.59. The highest BCUT2D eigenvalue weighted by molar-refractivity contribution is 6.32. The van der Waals surface area contributed by atoms with Crippen LogP contribution in [0.1, 0.15) is 15.9 Å². The third kappa shape index (κ3) is 5.70. The van der Waals surface area contributed by atoms with Crippen molar-refractivity contribution in [2.45, 2.75) is 6.18 Å². The van der Waals surface area contributed by atoms with Crippen LogP contribution in [-0.4, -0.2) is 43.0 Å². The smallest absolute Gasteiger partial charge is 0.377 e. The monoisotopic (exact) mass is 431 g/mol. The predicted molar refractivity (Wildman–Crippen MR) is 102 cm³/mol. The van der Waals surface area contributed by atoms with Gasteiger partial charge in [0, 0.05) is 51.2 Å². The highest BCUT2D eigenvalue weighted by Gasteiger charge is 2.31. The highest BCUT2D eigenvalue weighted by Crippen LogP contribution is 2.32. The Labute approximate surface area is 168 Å². The second-order valence-electron chi connectivity index (χ2n) is 6.09. The molecule has 12 heteroatoms. The van der Waals surface area contributed by atoms with Gasteiger partial charge in [0.25, 0.3) is 11.6 Å². The Hall–Kier alpha value is -3.08. The van der Waals surface area contributed by atoms with Crippen molar-refractivity contribution in [1.82, 2.24) is 10.3 Å². The number of nitrogens with one attached hydrogen (secondary N) is 2. The third-order valence-corrected chi connectivity index (χ3v) is 4.08. The number of non-ortho nitro benzene ring substituents is 1. The van der Waals surface area contributed by atoms with E-state index in [2.05, 4.69) is 15.6 Å². The summed E-state index contributed by atoms with van der Waals surface area (Å²) in [6, 6.07) is 4.69. The van der Waals surface area contributed by atoms with Gasteiger partial charge in [0.05, 0.1) is 21.1 Å². The van der Waals surface area contributed by atoms with Crippen molar-refractivity contribution in [3.63, 3.8) is 0 Å². The summed E-state index contributed by atoms with van der Waals surface area (Å²) in [7, 11) is 3.38. The van der Waals surface area contributed by atoms with E-state index in [1.54, 1.807) is 19.0 Å². The Balaban J connectivity index is 2.00. The maximum Gasteiger partial charge on any atom is 0.417 e. The normalized spacial score (nSPS) is 11.1. The highest BCUT2D eigenvalue weighted by atomic mass is 35.5. The van der Waals surface area contributed by atoms with Crippen molar-refractivity contribution in [1.29, 1.82) is 0 Å². The van der Waals surface area contributed by atoms with Gasteiger partial charge in [0.15, 0.2) is 0 Å². The fraction of sp³-hybridized carbons (Fsp3) is 0.294. The quantitative estimate of drug-likeness (QED) is 0.395. The van der Waals surface area contributed by atoms with Crippen LogP contribution in [0, 0.1) is 10.1 Å². The number of hydrogen-bond donors (Lipinski definition) is 2. The minimum Gasteiger partial charge on any atom is -0.377 e. The number of alkyl halides is 3. The number of anilines is 2. The van der Waals surface area contributed by atoms with Gasteiger partial charge in [-0.15, -0.1) is 0 Å². The van der Waals surface area contributed by atoms with E-state index >= 15 is 0 Å². The molecule has 2 N–H and O–H groups in total. The van der Waals surface area contributed by atoms with Crippen LogP contribution < -0.4 is 15.5 Å². The average Bonchev–Trinajstić information content (AvgIpc) is 2.64. The first-order chi connectivity index (χ1) is 13.5. The van der Waals surface area contributed by atoms with E-state index in [-0.39, 0.29) is 35.2 Å². The van der Waals surface area contributed by atoms with Gasteiger partial charge in [0.1, 0.15) is 5.82 Å². The number of carbonyl (C=O) groups excluding carboxylic acids is 1. The molecule has 0 fully saturated rings. The van der Waals surface area contributed by atoms with Crippen LogP contribution in [0.25, 0.3) is 0 Å². The second kappa shape index (κ2) is 8.95. The van der Waals surface area contributed by atoms with Crippen molar-refractivity contribution in [3.05, 3.63) is 56.7 Å². The summed E-state index contributed by atoms with van der Waals surface area (Å²) in [5.74, 6) is -0.496. The van der Waals surface area contributed by atoms with Crippen LogP contribution in [0.3, 0.4) is 0 Å². The molecule has 29 heavy (non-hydrogen) atoms. The summed E-state index contributed by atoms with van der Waals surface area (Å²) in [6.45, 7) is 0.198. The molecule has 2 rings (SSSR count). The van der Waals surface area contributed by atoms with E-state index in [0.717, 1.165) is 6.07 Å². The van der Waals surface area contributed by atoms with E-state index in [0.29, 0.717) is 11.9 Å². The fourth-order valence-corrected chi connectivity index (χ4v) is 2.62. The summed E-state index contributed by atoms with van der Waals surface area (Å²) >= 11 is 5.79. The van der Waals surface area contributed by atoms with Crippen LogP contribution in [0.4, 0.5) is 30.4 Å². The molecular weight excluding hydrogens is 415 g/mol. The summed E-state index contributed by atoms with van der Waals surface area (Å²) in [5, 5.41) is 16.0. The number of carbonyl (C=O) groups is 1. The summed E-state index contributed by atoms with van der Waals surface area (Å²) in [4.78, 5) is 28.0. The van der Waals surface area contributed by atoms with E-state index in [9.17, 15) is 28.1 Å². The number of amides is 1. The van der Waals surface area contributed by atoms with Gasteiger partial charge in [-0.05, 0) is 12.1 Å². The Morgan fingerprint density at radius 1 is 1.28 bits per heavy atom. The first kappa shape index (κ1) is 22.2. The summed E-state index contributed by atoms with van der Waals surface area (Å²) in [6.07, 6.45) is -3.90. The lowest BCUT2D eigenvalue weighted by atomic mass is 10.1. The van der Waals surface area contributed by atoms with Crippen LogP contribution >= 0.6 is 11.6 Å². The SMILES string of the molecule is CN(C)c1ccc([N+](=O)[O-])cc1C(=O)NCCNc1ncc(C(F)(F)F)cc1Cl. The molecule has 1 aromatic carbocycles. The molecule has 0 saturated carbocycles. The van der Waals surface area contributed by atoms with Gasteiger partial charge in [-0.3, -0.25) is 14.9 Å². The predicted octanol–water partition coefficient (Wildman–Crippen LogP) is 3.57. The standard InChI is InChI=1S/C17H17ClF3N5O3/c1-25(2)14-4-3-11(26(28)29)8-12(14)16(27)23-6-5-22-15-13(18)7-10(9-24-15)17(19,20)21/h3-4,7-9H,5-6H2,1-2H3,(H,22,24)(H,23,27). The lowest BCUT2D eigenvalue weighted by Gasteiger charge is -2.17. The largest absolute Gasteiger partial charge is 0.417 e. The van der Waals surface area contributed by atoms with E-state index in [1.165, 1.54) is 18.2 Å². The first-order valence-electron chi connectivity index (χ1n) is 8.21. The summed E-state index contributed by atoms with van der Waals surface area (Å²) in [5.41, 5.74) is -0.578. The van der Waals surface area contributed by atoms with Crippen molar-refractivity contribution >= 4 is 34.7 Å². The molecule has 0 saturated heterocycles. The minimum absolute atomic E-state index is 0.0400. The van der Waals surface area contributed by atoms with E-state index < -0.39 is 22.6 Å². The van der Waals surface area contributed by atoms with Crippen molar-refractivity contribution in [2.24, 2.45) is 0 Å². The fourth-order valence-electron chi connectivity index (χ4n) is 2.38. The van der Waals surface area contributed by atoms with Crippen LogP contribution in [-0.2, 0) is 6.18 Å². The van der Waals surface area contributed by atoms with Crippen molar-refractivity contribution in [3.8, 4) is 0 Å². The molecule has 1 heterocycles. The average molecular weight is 432 g/mol. The number of nitro groups is 1. The molecular formula is C17H17ClF3N5O3. The molecule has 0 unspecified atom stereocenters. The Morgan fingerprint density at radius 2 is 1.97 bits per heavy atom.